The second-order valence-corrected chi connectivity index (χ2v) is 29.4. The standard InChI is InChI=1S/5C17H22N.C14H16N.3CH4/c1-12(2)16-10-17(18(5)11-14(16)4)15-9-7-6-8-13(15)3;3*1-12(2)16-11-18(5)17(10-14(16)4)15-9-7-6-8-13(15)3;1-13(2)11-15-8-9-16(14(3)12-15)17-7-5-6-10-18(17)4;1-11-7-8-12(2)13(10-11)14-6-4-5-9-15(14)3;;;/h4*6-12H,1-5H3;5-10,12-13H,11H2,1-4H3;4-10H,1-3H3;3*1H4/q6*+1;;;/i;1D3,12D;;;1D3,11D2,13D;;;;. The van der Waals surface area contributed by atoms with E-state index in [-0.39, 0.29) is 27.8 Å². The highest BCUT2D eigenvalue weighted by Gasteiger charge is 2.22. The van der Waals surface area contributed by atoms with Crippen LogP contribution >= 0.6 is 0 Å². The third-order valence-corrected chi connectivity index (χ3v) is 19.6. The summed E-state index contributed by atoms with van der Waals surface area (Å²) in [6, 6.07) is 66.4. The van der Waals surface area contributed by atoms with Gasteiger partial charge in [-0.1, -0.05) is 194 Å². The summed E-state index contributed by atoms with van der Waals surface area (Å²) in [6.45, 7) is 34.2. The fourth-order valence-electron chi connectivity index (χ4n) is 13.7. The molecular weight excluding hydrogens is 1310 g/mol. The molecule has 12 aromatic rings. The Labute approximate surface area is 671 Å². The zero-order valence-electron chi connectivity index (χ0n) is 77.9. The summed E-state index contributed by atoms with van der Waals surface area (Å²) in [5.74, 6) is -2.16. The average molecular weight is 1460 g/mol. The number of nitrogens with zero attached hydrogens (tertiary/aromatic N) is 6. The van der Waals surface area contributed by atoms with Crippen molar-refractivity contribution in [2.24, 2.45) is 48.2 Å². The molecule has 0 fully saturated rings. The molecule has 570 valence electrons. The lowest BCUT2D eigenvalue weighted by Crippen LogP contribution is -2.32. The minimum absolute atomic E-state index is 0. The molecule has 2 atom stereocenters. The van der Waals surface area contributed by atoms with Crippen LogP contribution in [0.5, 0.6) is 0 Å². The number of hydrogen-bond donors (Lipinski definition) is 0. The van der Waals surface area contributed by atoms with Gasteiger partial charge >= 0.3 is 0 Å². The second-order valence-electron chi connectivity index (χ2n) is 29.4. The van der Waals surface area contributed by atoms with Crippen LogP contribution in [0.3, 0.4) is 0 Å². The predicted octanol–water partition coefficient (Wildman–Crippen LogP) is 24.1. The van der Waals surface area contributed by atoms with E-state index in [0.29, 0.717) is 23.3 Å². The second kappa shape index (κ2) is 42.1. The minimum Gasteiger partial charge on any atom is -0.201 e. The van der Waals surface area contributed by atoms with Gasteiger partial charge in [0.1, 0.15) is 42.3 Å². The van der Waals surface area contributed by atoms with E-state index in [4.69, 9.17) is 13.7 Å². The first-order valence-corrected chi connectivity index (χ1v) is 37.0. The third kappa shape index (κ3) is 24.1. The van der Waals surface area contributed by atoms with Crippen molar-refractivity contribution in [1.82, 2.24) is 0 Å². The summed E-state index contributed by atoms with van der Waals surface area (Å²) in [5.41, 5.74) is 33.0. The van der Waals surface area contributed by atoms with E-state index in [1.807, 2.05) is 85.7 Å². The highest BCUT2D eigenvalue weighted by atomic mass is 14.9. The Hall–Kier alpha value is -9.78. The molecule has 6 heterocycles. The Morgan fingerprint density at radius 2 is 0.630 bits per heavy atom. The van der Waals surface area contributed by atoms with Gasteiger partial charge in [-0.05, 0) is 222 Å². The van der Waals surface area contributed by atoms with Crippen molar-refractivity contribution in [3.05, 3.63) is 320 Å². The summed E-state index contributed by atoms with van der Waals surface area (Å²) < 4.78 is 91.0. The molecule has 6 nitrogen and oxygen atoms in total. The molecule has 0 radical (unpaired) electrons. The maximum atomic E-state index is 8.30. The van der Waals surface area contributed by atoms with Crippen molar-refractivity contribution in [3.63, 3.8) is 0 Å². The van der Waals surface area contributed by atoms with Crippen molar-refractivity contribution >= 4 is 0 Å². The van der Waals surface area contributed by atoms with Gasteiger partial charge in [0.25, 0.3) is 0 Å². The fourth-order valence-corrected chi connectivity index (χ4v) is 13.7. The maximum absolute atomic E-state index is 8.30. The Bertz CT molecular complexity index is 5250. The Balaban J connectivity index is 0.000000298. The number of aryl methyl sites for hydroxylation is 17. The van der Waals surface area contributed by atoms with Gasteiger partial charge in [0.15, 0.2) is 37.2 Å². The molecule has 0 saturated carbocycles. The number of pyridine rings is 6. The molecule has 0 aliphatic rings. The molecule has 12 rings (SSSR count). The number of aromatic nitrogens is 6. The molecule has 2 unspecified atom stereocenters. The third-order valence-electron chi connectivity index (χ3n) is 19.6. The SMILES string of the molecule is C.C.C.Cc1ccc(C)c(-c2cccc[n+]2C)c1.Cc1ccccc1-c1cc(C(C)C)c(C)c[n+]1C.Cc1ccccc1-c1cc(C)c(C(C)C)c[n+]1C.Cc1ccccc1-c1cc(C)c(C(C)C)c[n+]1C.[2H]C([2H])([2H])C([2H])(C)C([2H])([2H])c1ccc(-c2cccc[n+]2C)c(C)c1.[2H]C([2H])([2H])C([2H])(C)c1c[n+](C)c(-c2ccccc2C)cc1C. The average Bonchev–Trinajstić information content (AvgIpc) is 0.754. The highest BCUT2D eigenvalue weighted by Crippen LogP contribution is 2.31. The fraction of sp³-hybridized carbons (Fsp3) is 0.353. The summed E-state index contributed by atoms with van der Waals surface area (Å²) in [6.07, 6.45) is 10.2. The zero-order valence-corrected chi connectivity index (χ0v) is 67.9. The number of rotatable bonds is 12. The van der Waals surface area contributed by atoms with E-state index < -0.39 is 31.9 Å². The first-order chi connectivity index (χ1) is 53.6. The molecule has 0 spiro atoms. The van der Waals surface area contributed by atoms with Crippen LogP contribution in [-0.4, -0.2) is 0 Å². The lowest BCUT2D eigenvalue weighted by Gasteiger charge is -2.11. The van der Waals surface area contributed by atoms with Crippen LogP contribution in [-0.2, 0) is 48.7 Å². The monoisotopic (exact) mass is 1460 g/mol. The van der Waals surface area contributed by atoms with E-state index >= 15 is 0 Å². The molecule has 6 aromatic heterocycles. The van der Waals surface area contributed by atoms with Gasteiger partial charge < -0.3 is 0 Å². The van der Waals surface area contributed by atoms with Crippen LogP contribution in [0, 0.1) is 82.1 Å². The predicted molar refractivity (Wildman–Crippen MR) is 466 cm³/mol. The molecule has 0 N–H and O–H groups in total. The van der Waals surface area contributed by atoms with Crippen molar-refractivity contribution in [2.75, 3.05) is 0 Å². The van der Waals surface area contributed by atoms with Gasteiger partial charge in [0.05, 0.1) is 0 Å². The van der Waals surface area contributed by atoms with Crippen LogP contribution in [0.15, 0.2) is 231 Å². The first kappa shape index (κ1) is 75.0. The Morgan fingerprint density at radius 3 is 1.00 bits per heavy atom. The van der Waals surface area contributed by atoms with E-state index in [0.717, 1.165) is 46.1 Å². The number of hydrogen-bond acceptors (Lipinski definition) is 0. The Morgan fingerprint density at radius 1 is 0.287 bits per heavy atom. The molecular formula is C102H138N6+6. The topological polar surface area (TPSA) is 23.3 Å². The molecule has 0 aliphatic carbocycles. The van der Waals surface area contributed by atoms with E-state index in [1.54, 1.807) is 24.4 Å². The maximum Gasteiger partial charge on any atom is 0.212 e. The van der Waals surface area contributed by atoms with Gasteiger partial charge in [-0.2, -0.15) is 0 Å². The molecule has 0 aliphatic heterocycles. The van der Waals surface area contributed by atoms with Crippen LogP contribution < -0.4 is 27.4 Å². The lowest BCUT2D eigenvalue weighted by atomic mass is 9.96. The Kier molecular flexibility index (Phi) is 29.3. The molecule has 0 bridgehead atoms. The van der Waals surface area contributed by atoms with Crippen LogP contribution in [0.2, 0.25) is 0 Å². The first-order valence-electron chi connectivity index (χ1n) is 42.0. The highest BCUT2D eigenvalue weighted by molar-refractivity contribution is 5.66. The van der Waals surface area contributed by atoms with Gasteiger partial charge in [-0.25, -0.2) is 27.4 Å². The van der Waals surface area contributed by atoms with Gasteiger partial charge in [-0.3, -0.25) is 0 Å². The molecule has 6 aromatic carbocycles. The van der Waals surface area contributed by atoms with E-state index in [1.165, 1.54) is 113 Å². The quantitative estimate of drug-likeness (QED) is 0.109. The van der Waals surface area contributed by atoms with Crippen molar-refractivity contribution in [3.8, 4) is 67.5 Å². The van der Waals surface area contributed by atoms with Crippen LogP contribution in [0.1, 0.15) is 218 Å². The van der Waals surface area contributed by atoms with E-state index in [2.05, 4.69) is 309 Å². The summed E-state index contributed by atoms with van der Waals surface area (Å²) in [4.78, 5) is 0. The minimum atomic E-state index is -2.73. The van der Waals surface area contributed by atoms with E-state index in [9.17, 15) is 0 Å². The van der Waals surface area contributed by atoms with Crippen LogP contribution in [0.25, 0.3) is 67.5 Å². The normalized spacial score (nSPS) is 13.4. The zero-order chi connectivity index (χ0) is 85.7. The smallest absolute Gasteiger partial charge is 0.201 e. The van der Waals surface area contributed by atoms with Crippen LogP contribution in [0.4, 0.5) is 0 Å². The lowest BCUT2D eigenvalue weighted by molar-refractivity contribution is -0.661. The molecule has 108 heavy (non-hydrogen) atoms. The largest absolute Gasteiger partial charge is 0.212 e. The van der Waals surface area contributed by atoms with Gasteiger partial charge in [-0.15, -0.1) is 0 Å². The van der Waals surface area contributed by atoms with Gasteiger partial charge in [0, 0.05) is 118 Å². The van der Waals surface area contributed by atoms with Crippen molar-refractivity contribution < 1.29 is 41.1 Å². The summed E-state index contributed by atoms with van der Waals surface area (Å²) in [7, 11) is 12.3. The van der Waals surface area contributed by atoms with Crippen molar-refractivity contribution in [1.29, 1.82) is 0 Å². The van der Waals surface area contributed by atoms with Crippen molar-refractivity contribution in [2.45, 2.75) is 198 Å². The molecule has 0 saturated heterocycles. The number of benzene rings is 6. The van der Waals surface area contributed by atoms with Gasteiger partial charge in [0.2, 0.25) is 34.2 Å². The molecule has 0 amide bonds. The molecule has 6 heteroatoms. The summed E-state index contributed by atoms with van der Waals surface area (Å²) in [5, 5.41) is 0. The summed E-state index contributed by atoms with van der Waals surface area (Å²) >= 11 is 0.